The van der Waals surface area contributed by atoms with E-state index in [1.54, 1.807) is 42.1 Å². The summed E-state index contributed by atoms with van der Waals surface area (Å²) >= 11 is 6.04. The Hall–Kier alpha value is -3.52. The third-order valence-electron chi connectivity index (χ3n) is 4.82. The summed E-state index contributed by atoms with van der Waals surface area (Å²) in [5, 5.41) is 0.608. The van der Waals surface area contributed by atoms with Crippen LogP contribution in [0.15, 0.2) is 62.9 Å². The van der Waals surface area contributed by atoms with Gasteiger partial charge in [-0.2, -0.15) is 4.98 Å². The van der Waals surface area contributed by atoms with Crippen molar-refractivity contribution in [3.63, 3.8) is 0 Å². The summed E-state index contributed by atoms with van der Waals surface area (Å²) in [5.41, 5.74) is 1.31. The first-order valence-electron chi connectivity index (χ1n) is 8.46. The molecular formula is C19H14ClN5O3. The fourth-order valence-electron chi connectivity index (χ4n) is 3.41. The molecule has 0 amide bonds. The minimum atomic E-state index is -0.428. The third-order valence-corrected chi connectivity index (χ3v) is 5.08. The van der Waals surface area contributed by atoms with E-state index in [9.17, 15) is 9.59 Å². The number of nitrogens with zero attached hydrogens (tertiary/aromatic N) is 5. The number of imidazole rings is 2. The maximum absolute atomic E-state index is 12.8. The number of benzene rings is 1. The standard InChI is InChI=1S/C19H14ClN5O3/c1-22-16-15(17(26)23(2)19(22)27)24-10-13(14-4-3-9-28-14)25(18(24)21-16)12-7-5-11(20)6-8-12/h3-10H,1-2H3. The average molecular weight is 396 g/mol. The van der Waals surface area contributed by atoms with E-state index in [2.05, 4.69) is 4.98 Å². The quantitative estimate of drug-likeness (QED) is 0.460. The second-order valence-electron chi connectivity index (χ2n) is 6.46. The second kappa shape index (κ2) is 5.74. The van der Waals surface area contributed by atoms with Crippen LogP contribution in [0.4, 0.5) is 0 Å². The van der Waals surface area contributed by atoms with E-state index >= 15 is 0 Å². The Morgan fingerprint density at radius 3 is 2.46 bits per heavy atom. The van der Waals surface area contributed by atoms with Crippen LogP contribution in [0.2, 0.25) is 5.02 Å². The molecule has 0 saturated carbocycles. The maximum Gasteiger partial charge on any atom is 0.332 e. The Labute approximate surface area is 162 Å². The van der Waals surface area contributed by atoms with Crippen molar-refractivity contribution in [2.75, 3.05) is 0 Å². The lowest BCUT2D eigenvalue weighted by atomic mass is 10.3. The summed E-state index contributed by atoms with van der Waals surface area (Å²) in [7, 11) is 3.05. The summed E-state index contributed by atoms with van der Waals surface area (Å²) in [5.74, 6) is 1.11. The predicted octanol–water partition coefficient (Wildman–Crippen LogP) is 2.59. The molecule has 4 aromatic heterocycles. The van der Waals surface area contributed by atoms with Gasteiger partial charge in [0.2, 0.25) is 5.78 Å². The van der Waals surface area contributed by atoms with Crippen molar-refractivity contribution in [3.05, 3.63) is 74.7 Å². The number of halogens is 1. The van der Waals surface area contributed by atoms with Crippen LogP contribution in [0.25, 0.3) is 34.1 Å². The molecule has 9 heteroatoms. The molecule has 0 aliphatic heterocycles. The SMILES string of the molecule is Cn1c(=O)c2c(nc3n(-c4ccc(Cl)cc4)c(-c4ccco4)cn23)n(C)c1=O. The predicted molar refractivity (Wildman–Crippen MR) is 105 cm³/mol. The lowest BCUT2D eigenvalue weighted by Gasteiger charge is -2.07. The molecule has 140 valence electrons. The van der Waals surface area contributed by atoms with Gasteiger partial charge >= 0.3 is 5.69 Å². The lowest BCUT2D eigenvalue weighted by molar-refractivity contribution is 0.579. The minimum absolute atomic E-state index is 0.316. The van der Waals surface area contributed by atoms with Crippen molar-refractivity contribution in [2.24, 2.45) is 14.1 Å². The molecular weight excluding hydrogens is 382 g/mol. The molecule has 0 N–H and O–H groups in total. The van der Waals surface area contributed by atoms with Crippen molar-refractivity contribution >= 4 is 28.5 Å². The Kier molecular flexibility index (Phi) is 3.41. The summed E-state index contributed by atoms with van der Waals surface area (Å²) in [6.07, 6.45) is 3.36. The molecule has 4 heterocycles. The van der Waals surface area contributed by atoms with Crippen LogP contribution >= 0.6 is 11.6 Å². The molecule has 0 bridgehead atoms. The molecule has 0 fully saturated rings. The van der Waals surface area contributed by atoms with Crippen LogP contribution < -0.4 is 11.2 Å². The summed E-state index contributed by atoms with van der Waals surface area (Å²) in [4.78, 5) is 29.7. The monoisotopic (exact) mass is 395 g/mol. The highest BCUT2D eigenvalue weighted by Gasteiger charge is 2.22. The minimum Gasteiger partial charge on any atom is -0.463 e. The van der Waals surface area contributed by atoms with Gasteiger partial charge in [0, 0.05) is 31.0 Å². The van der Waals surface area contributed by atoms with Gasteiger partial charge in [0.1, 0.15) is 5.69 Å². The van der Waals surface area contributed by atoms with Gasteiger partial charge in [-0.25, -0.2) is 4.79 Å². The van der Waals surface area contributed by atoms with E-state index in [1.807, 2.05) is 22.8 Å². The molecule has 0 unspecified atom stereocenters. The molecule has 0 saturated heterocycles. The summed E-state index contributed by atoms with van der Waals surface area (Å²) in [6, 6.07) is 10.9. The highest BCUT2D eigenvalue weighted by Crippen LogP contribution is 2.29. The van der Waals surface area contributed by atoms with E-state index in [0.29, 0.717) is 33.4 Å². The van der Waals surface area contributed by atoms with E-state index in [4.69, 9.17) is 16.0 Å². The van der Waals surface area contributed by atoms with Crippen LogP contribution in [-0.2, 0) is 14.1 Å². The zero-order valence-electron chi connectivity index (χ0n) is 15.0. The van der Waals surface area contributed by atoms with Crippen LogP contribution in [0, 0.1) is 0 Å². The Bertz CT molecular complexity index is 1470. The second-order valence-corrected chi connectivity index (χ2v) is 6.90. The maximum atomic E-state index is 12.8. The highest BCUT2D eigenvalue weighted by molar-refractivity contribution is 6.30. The van der Waals surface area contributed by atoms with Crippen LogP contribution in [0.1, 0.15) is 0 Å². The summed E-state index contributed by atoms with van der Waals surface area (Å²) < 4.78 is 11.6. The van der Waals surface area contributed by atoms with Gasteiger partial charge in [-0.3, -0.25) is 22.9 Å². The average Bonchev–Trinajstić information content (AvgIpc) is 3.40. The lowest BCUT2D eigenvalue weighted by Crippen LogP contribution is -2.37. The molecule has 0 atom stereocenters. The van der Waals surface area contributed by atoms with Crippen molar-refractivity contribution in [1.29, 1.82) is 0 Å². The van der Waals surface area contributed by atoms with Crippen LogP contribution in [0.3, 0.4) is 0 Å². The van der Waals surface area contributed by atoms with E-state index in [1.165, 1.54) is 11.6 Å². The molecule has 0 aliphatic rings. The Morgan fingerprint density at radius 2 is 1.79 bits per heavy atom. The number of aromatic nitrogens is 5. The van der Waals surface area contributed by atoms with E-state index in [-0.39, 0.29) is 0 Å². The smallest absolute Gasteiger partial charge is 0.332 e. The fourth-order valence-corrected chi connectivity index (χ4v) is 3.54. The number of fused-ring (bicyclic) bond motifs is 3. The number of hydrogen-bond acceptors (Lipinski definition) is 4. The van der Waals surface area contributed by atoms with Crippen molar-refractivity contribution in [3.8, 4) is 17.1 Å². The number of furan rings is 1. The van der Waals surface area contributed by atoms with Crippen LogP contribution in [0.5, 0.6) is 0 Å². The largest absolute Gasteiger partial charge is 0.463 e. The van der Waals surface area contributed by atoms with E-state index in [0.717, 1.165) is 10.3 Å². The van der Waals surface area contributed by atoms with Gasteiger partial charge in [0.15, 0.2) is 16.9 Å². The van der Waals surface area contributed by atoms with Crippen molar-refractivity contribution < 1.29 is 4.42 Å². The van der Waals surface area contributed by atoms with E-state index < -0.39 is 11.2 Å². The molecule has 28 heavy (non-hydrogen) atoms. The van der Waals surface area contributed by atoms with Crippen molar-refractivity contribution in [1.82, 2.24) is 23.1 Å². The van der Waals surface area contributed by atoms with Gasteiger partial charge in [0.05, 0.1) is 6.26 Å². The zero-order chi connectivity index (χ0) is 19.6. The first kappa shape index (κ1) is 16.6. The molecule has 5 aromatic rings. The normalized spacial score (nSPS) is 11.7. The van der Waals surface area contributed by atoms with Crippen molar-refractivity contribution in [2.45, 2.75) is 0 Å². The zero-order valence-corrected chi connectivity index (χ0v) is 15.7. The molecule has 5 rings (SSSR count). The summed E-state index contributed by atoms with van der Waals surface area (Å²) in [6.45, 7) is 0. The topological polar surface area (TPSA) is 79.4 Å². The molecule has 1 aromatic carbocycles. The number of aryl methyl sites for hydroxylation is 1. The first-order chi connectivity index (χ1) is 13.5. The third kappa shape index (κ3) is 2.15. The Morgan fingerprint density at radius 1 is 1.04 bits per heavy atom. The Balaban J connectivity index is 1.98. The molecule has 0 spiro atoms. The number of hydrogen-bond donors (Lipinski definition) is 0. The molecule has 0 aliphatic carbocycles. The fraction of sp³-hybridized carbons (Fsp3) is 0.105. The first-order valence-corrected chi connectivity index (χ1v) is 8.84. The number of rotatable bonds is 2. The molecule has 0 radical (unpaired) electrons. The van der Waals surface area contributed by atoms with Gasteiger partial charge in [-0.15, -0.1) is 0 Å². The van der Waals surface area contributed by atoms with Gasteiger partial charge < -0.3 is 4.42 Å². The van der Waals surface area contributed by atoms with Crippen LogP contribution in [-0.4, -0.2) is 23.1 Å². The van der Waals surface area contributed by atoms with Gasteiger partial charge in [-0.1, -0.05) is 11.6 Å². The van der Waals surface area contributed by atoms with Gasteiger partial charge in [-0.05, 0) is 36.4 Å². The molecule has 8 nitrogen and oxygen atoms in total. The highest BCUT2D eigenvalue weighted by atomic mass is 35.5. The van der Waals surface area contributed by atoms with Gasteiger partial charge in [0.25, 0.3) is 5.56 Å².